The number of allylic oxidation sites excluding steroid dienone is 2. The van der Waals surface area contributed by atoms with Crippen molar-refractivity contribution in [1.29, 1.82) is 0 Å². The van der Waals surface area contributed by atoms with E-state index in [9.17, 15) is 4.79 Å². The fraction of sp³-hybridized carbons (Fsp3) is 0.400. The number of anilines is 1. The minimum absolute atomic E-state index is 0.261. The van der Waals surface area contributed by atoms with Gasteiger partial charge >= 0.3 is 5.97 Å². The Hall–Kier alpha value is -2.19. The molecular formula is C20H24N2O2S. The average Bonchev–Trinajstić information content (AvgIpc) is 2.96. The van der Waals surface area contributed by atoms with Crippen molar-refractivity contribution in [3.8, 4) is 0 Å². The number of thioether (sulfide) groups is 1. The predicted octanol–water partition coefficient (Wildman–Crippen LogP) is 5.69. The molecule has 5 heteroatoms. The van der Waals surface area contributed by atoms with Crippen molar-refractivity contribution < 1.29 is 9.90 Å². The van der Waals surface area contributed by atoms with E-state index in [2.05, 4.69) is 28.8 Å². The third kappa shape index (κ3) is 5.40. The monoisotopic (exact) mass is 356 g/mol. The van der Waals surface area contributed by atoms with E-state index in [1.165, 1.54) is 48.8 Å². The molecule has 0 spiro atoms. The van der Waals surface area contributed by atoms with Crippen LogP contribution in [-0.4, -0.2) is 17.6 Å². The van der Waals surface area contributed by atoms with Crippen LogP contribution < -0.4 is 4.90 Å². The molecule has 0 fully saturated rings. The first-order chi connectivity index (χ1) is 12.2. The van der Waals surface area contributed by atoms with Gasteiger partial charge in [0, 0.05) is 11.4 Å². The molecule has 0 atom stereocenters. The molecule has 2 rings (SSSR count). The molecule has 0 saturated carbocycles. The zero-order valence-electron chi connectivity index (χ0n) is 14.6. The summed E-state index contributed by atoms with van der Waals surface area (Å²) in [4.78, 5) is 17.5. The van der Waals surface area contributed by atoms with Crippen molar-refractivity contribution in [1.82, 2.24) is 0 Å². The van der Waals surface area contributed by atoms with Crippen molar-refractivity contribution in [3.63, 3.8) is 0 Å². The first kappa shape index (κ1) is 19.1. The number of fused-ring (bicyclic) bond motifs is 1. The van der Waals surface area contributed by atoms with Gasteiger partial charge in [-0.1, -0.05) is 62.9 Å². The van der Waals surface area contributed by atoms with E-state index in [0.29, 0.717) is 0 Å². The van der Waals surface area contributed by atoms with Crippen LogP contribution in [0.25, 0.3) is 4.85 Å². The van der Waals surface area contributed by atoms with Crippen molar-refractivity contribution in [2.45, 2.75) is 50.3 Å². The third-order valence-corrected chi connectivity index (χ3v) is 5.23. The van der Waals surface area contributed by atoms with Gasteiger partial charge in [0.15, 0.2) is 0 Å². The largest absolute Gasteiger partial charge is 0.486 e. The number of hydrogen-bond donors (Lipinski definition) is 1. The Morgan fingerprint density at radius 3 is 2.68 bits per heavy atom. The van der Waals surface area contributed by atoms with Gasteiger partial charge in [-0.25, -0.2) is 4.85 Å². The quantitative estimate of drug-likeness (QED) is 0.351. The Kier molecular flexibility index (Phi) is 7.62. The number of para-hydroxylation sites is 1. The van der Waals surface area contributed by atoms with Crippen LogP contribution in [0.15, 0.2) is 52.0 Å². The van der Waals surface area contributed by atoms with E-state index in [-0.39, 0.29) is 5.70 Å². The summed E-state index contributed by atoms with van der Waals surface area (Å²) in [5, 5.41) is 9.98. The normalized spacial score (nSPS) is 15.3. The summed E-state index contributed by atoms with van der Waals surface area (Å²) >= 11 is 1.63. The number of aliphatic carboxylic acids is 1. The number of carbonyl (C=O) groups is 1. The van der Waals surface area contributed by atoms with Crippen LogP contribution in [0.3, 0.4) is 0 Å². The fourth-order valence-corrected chi connectivity index (χ4v) is 3.86. The molecule has 0 unspecified atom stereocenters. The van der Waals surface area contributed by atoms with Crippen LogP contribution >= 0.6 is 11.8 Å². The number of unbranched alkanes of at least 4 members (excludes halogenated alkanes) is 5. The maximum absolute atomic E-state index is 11.0. The summed E-state index contributed by atoms with van der Waals surface area (Å²) in [6.45, 7) is 10.1. The fourth-order valence-electron chi connectivity index (χ4n) is 2.76. The van der Waals surface area contributed by atoms with E-state index in [1.54, 1.807) is 17.8 Å². The van der Waals surface area contributed by atoms with Gasteiger partial charge in [-0.3, -0.25) is 4.79 Å². The van der Waals surface area contributed by atoms with Gasteiger partial charge in [0.2, 0.25) is 0 Å². The Balaban J connectivity index is 2.08. The van der Waals surface area contributed by atoms with E-state index < -0.39 is 5.97 Å². The highest BCUT2D eigenvalue weighted by atomic mass is 32.2. The highest BCUT2D eigenvalue weighted by Crippen LogP contribution is 2.45. The topological polar surface area (TPSA) is 44.9 Å². The van der Waals surface area contributed by atoms with Crippen molar-refractivity contribution in [3.05, 3.63) is 58.6 Å². The zero-order chi connectivity index (χ0) is 18.1. The Bertz CT molecular complexity index is 704. The number of carboxylic acids is 1. The van der Waals surface area contributed by atoms with E-state index in [1.807, 2.05) is 12.1 Å². The van der Waals surface area contributed by atoms with E-state index in [4.69, 9.17) is 11.7 Å². The molecule has 1 aliphatic rings. The molecule has 0 bridgehead atoms. The third-order valence-electron chi connectivity index (χ3n) is 4.10. The molecule has 25 heavy (non-hydrogen) atoms. The molecule has 0 amide bonds. The summed E-state index contributed by atoms with van der Waals surface area (Å²) in [5.74, 6) is -1.19. The predicted molar refractivity (Wildman–Crippen MR) is 103 cm³/mol. The Morgan fingerprint density at radius 1 is 1.24 bits per heavy atom. The smallest absolute Gasteiger partial charge is 0.333 e. The average molecular weight is 356 g/mol. The molecule has 1 aromatic carbocycles. The lowest BCUT2D eigenvalue weighted by Crippen LogP contribution is -2.19. The number of hydrogen-bond acceptors (Lipinski definition) is 3. The van der Waals surface area contributed by atoms with Gasteiger partial charge in [0.1, 0.15) is 0 Å². The van der Waals surface area contributed by atoms with Crippen molar-refractivity contribution in [2.24, 2.45) is 0 Å². The lowest BCUT2D eigenvalue weighted by atomic mass is 10.1. The van der Waals surface area contributed by atoms with Crippen LogP contribution in [0, 0.1) is 6.57 Å². The molecule has 4 nitrogen and oxygen atoms in total. The molecule has 0 aromatic heterocycles. The van der Waals surface area contributed by atoms with Crippen LogP contribution in [0.5, 0.6) is 0 Å². The van der Waals surface area contributed by atoms with Crippen LogP contribution in [-0.2, 0) is 4.79 Å². The second-order valence-electron chi connectivity index (χ2n) is 5.96. The van der Waals surface area contributed by atoms with Crippen LogP contribution in [0.4, 0.5) is 5.69 Å². The van der Waals surface area contributed by atoms with Crippen molar-refractivity contribution >= 4 is 23.4 Å². The summed E-state index contributed by atoms with van der Waals surface area (Å²) in [6.07, 6.45) is 10.6. The lowest BCUT2D eigenvalue weighted by molar-refractivity contribution is -0.132. The first-order valence-electron chi connectivity index (χ1n) is 8.74. The molecule has 0 radical (unpaired) electrons. The molecule has 1 heterocycles. The SMILES string of the molecule is [C-]#[N+]/C(=C\C=C1/Sc2ccccc2N1CCCCCCCC)C(=O)O. The summed E-state index contributed by atoms with van der Waals surface area (Å²) in [7, 11) is 0. The molecule has 0 saturated heterocycles. The van der Waals surface area contributed by atoms with Gasteiger partial charge < -0.3 is 10.0 Å². The summed E-state index contributed by atoms with van der Waals surface area (Å²) < 4.78 is 0. The van der Waals surface area contributed by atoms with Gasteiger partial charge in [-0.2, -0.15) is 0 Å². The maximum Gasteiger partial charge on any atom is 0.333 e. The maximum atomic E-state index is 11.0. The van der Waals surface area contributed by atoms with Crippen LogP contribution in [0.1, 0.15) is 45.4 Å². The van der Waals surface area contributed by atoms with Gasteiger partial charge in [0.25, 0.3) is 5.70 Å². The van der Waals surface area contributed by atoms with E-state index >= 15 is 0 Å². The number of carboxylic acid groups (broad SMARTS) is 1. The Labute approximate surface area is 154 Å². The highest BCUT2D eigenvalue weighted by Gasteiger charge is 2.23. The molecule has 132 valence electrons. The van der Waals surface area contributed by atoms with Gasteiger partial charge in [-0.05, 0) is 30.7 Å². The minimum Gasteiger partial charge on any atom is -0.486 e. The molecule has 1 aliphatic heterocycles. The molecule has 0 aliphatic carbocycles. The molecule has 1 N–H and O–H groups in total. The Morgan fingerprint density at radius 2 is 1.96 bits per heavy atom. The number of benzene rings is 1. The highest BCUT2D eigenvalue weighted by molar-refractivity contribution is 8.03. The second-order valence-corrected chi connectivity index (χ2v) is 7.03. The lowest BCUT2D eigenvalue weighted by Gasteiger charge is -2.20. The molecule has 1 aromatic rings. The minimum atomic E-state index is -1.19. The first-order valence-corrected chi connectivity index (χ1v) is 9.56. The standard InChI is InChI=1S/C20H24N2O2S/c1-3-4-5-6-7-10-15-22-17-11-8-9-12-18(17)25-19(22)14-13-16(21-2)20(23)24/h8-9,11-14H,3-7,10,15H2,1H3,(H,23,24)/b16-13-,19-14-. The van der Waals surface area contributed by atoms with Crippen LogP contribution in [0.2, 0.25) is 0 Å². The number of nitrogens with zero attached hydrogens (tertiary/aromatic N) is 2. The van der Waals surface area contributed by atoms with Crippen molar-refractivity contribution in [2.75, 3.05) is 11.4 Å². The molecular weight excluding hydrogens is 332 g/mol. The number of rotatable bonds is 9. The van der Waals surface area contributed by atoms with Gasteiger partial charge in [0.05, 0.1) is 17.3 Å². The summed E-state index contributed by atoms with van der Waals surface area (Å²) in [6, 6.07) is 8.20. The second kappa shape index (κ2) is 9.95. The summed E-state index contributed by atoms with van der Waals surface area (Å²) in [5.41, 5.74) is 0.906. The zero-order valence-corrected chi connectivity index (χ0v) is 15.4. The van der Waals surface area contributed by atoms with E-state index in [0.717, 1.165) is 18.0 Å². The van der Waals surface area contributed by atoms with Gasteiger partial charge in [-0.15, -0.1) is 0 Å².